The first-order valence-electron chi connectivity index (χ1n) is 10.9. The summed E-state index contributed by atoms with van der Waals surface area (Å²) >= 11 is 7.89. The van der Waals surface area contributed by atoms with Crippen molar-refractivity contribution in [3.63, 3.8) is 0 Å². The number of hydrogen-bond acceptors (Lipinski definition) is 6. The van der Waals surface area contributed by atoms with Gasteiger partial charge in [-0.25, -0.2) is 9.37 Å². The first-order chi connectivity index (χ1) is 16.3. The Labute approximate surface area is 206 Å². The maximum Gasteiger partial charge on any atom is 0.251 e. The molecule has 2 aromatic heterocycles. The van der Waals surface area contributed by atoms with E-state index in [-0.39, 0.29) is 17.0 Å². The summed E-state index contributed by atoms with van der Waals surface area (Å²) in [6.07, 6.45) is 3.05. The Morgan fingerprint density at radius 2 is 2.00 bits per heavy atom. The lowest BCUT2D eigenvalue weighted by Crippen LogP contribution is -2.34. The summed E-state index contributed by atoms with van der Waals surface area (Å²) in [6.45, 7) is 6.09. The van der Waals surface area contributed by atoms with Crippen LogP contribution in [0.4, 0.5) is 4.39 Å². The molecule has 4 aromatic rings. The minimum absolute atomic E-state index is 0.121. The number of nitrogens with one attached hydrogen (secondary N) is 1. The number of carbonyl (C=O) groups is 1. The summed E-state index contributed by atoms with van der Waals surface area (Å²) < 4.78 is 15.3. The molecule has 0 aliphatic carbocycles. The fourth-order valence-corrected chi connectivity index (χ4v) is 4.64. The third kappa shape index (κ3) is 5.66. The van der Waals surface area contributed by atoms with Gasteiger partial charge >= 0.3 is 0 Å². The van der Waals surface area contributed by atoms with E-state index in [1.54, 1.807) is 40.4 Å². The summed E-state index contributed by atoms with van der Waals surface area (Å²) in [5.74, 6) is 0.345. The van der Waals surface area contributed by atoms with Crippen molar-refractivity contribution < 1.29 is 9.18 Å². The van der Waals surface area contributed by atoms with Gasteiger partial charge in [-0.3, -0.25) is 4.79 Å². The van der Waals surface area contributed by atoms with Crippen LogP contribution in [-0.2, 0) is 12.8 Å². The van der Waals surface area contributed by atoms with Gasteiger partial charge in [0.15, 0.2) is 5.82 Å². The average molecular weight is 499 g/mol. The molecule has 0 spiro atoms. The molecular weight excluding hydrogens is 475 g/mol. The van der Waals surface area contributed by atoms with Crippen molar-refractivity contribution in [3.05, 3.63) is 75.2 Å². The lowest BCUT2D eigenvalue weighted by Gasteiger charge is -2.15. The summed E-state index contributed by atoms with van der Waals surface area (Å²) in [5, 5.41) is 18.3. The molecule has 7 nitrogen and oxygen atoms in total. The van der Waals surface area contributed by atoms with Crippen molar-refractivity contribution in [2.75, 3.05) is 0 Å². The molecular formula is C24H24ClFN6OS. The van der Waals surface area contributed by atoms with Crippen molar-refractivity contribution in [1.29, 1.82) is 0 Å². The highest BCUT2D eigenvalue weighted by Gasteiger charge is 2.18. The van der Waals surface area contributed by atoms with E-state index in [0.717, 1.165) is 5.01 Å². The van der Waals surface area contributed by atoms with Gasteiger partial charge in [0, 0.05) is 41.6 Å². The zero-order valence-corrected chi connectivity index (χ0v) is 20.6. The SMILES string of the molecule is CC(C)Cc1nnnn1-c1cc(C(=O)NC(C)Cc2nccs2)cc(-c2ccc(F)cc2Cl)c1. The second-order valence-corrected chi connectivity index (χ2v) is 9.89. The number of rotatable bonds is 8. The number of thiazole rings is 1. The van der Waals surface area contributed by atoms with Crippen LogP contribution in [0, 0.1) is 11.7 Å². The van der Waals surface area contributed by atoms with E-state index in [1.165, 1.54) is 12.1 Å². The second-order valence-electron chi connectivity index (χ2n) is 8.50. The molecule has 0 fully saturated rings. The van der Waals surface area contributed by atoms with Crippen LogP contribution in [0.15, 0.2) is 48.0 Å². The van der Waals surface area contributed by atoms with Crippen LogP contribution in [-0.4, -0.2) is 37.1 Å². The van der Waals surface area contributed by atoms with E-state index in [0.29, 0.717) is 47.0 Å². The number of amides is 1. The molecule has 1 atom stereocenters. The normalized spacial score (nSPS) is 12.2. The number of nitrogens with zero attached hydrogens (tertiary/aromatic N) is 5. The van der Waals surface area contributed by atoms with Gasteiger partial charge in [0.05, 0.1) is 15.7 Å². The van der Waals surface area contributed by atoms with Gasteiger partial charge in [0.25, 0.3) is 5.91 Å². The molecule has 1 unspecified atom stereocenters. The standard InChI is InChI=1S/C24H24ClFN6OS/c1-14(2)8-22-29-30-31-32(22)19-11-16(20-5-4-18(26)13-21(20)25)10-17(12-19)24(33)28-15(3)9-23-27-6-7-34-23/h4-7,10-15H,8-9H2,1-3H3,(H,28,33). The topological polar surface area (TPSA) is 85.6 Å². The average Bonchev–Trinajstić information content (AvgIpc) is 3.45. The minimum Gasteiger partial charge on any atom is -0.349 e. The van der Waals surface area contributed by atoms with Crippen molar-refractivity contribution in [1.82, 2.24) is 30.5 Å². The molecule has 34 heavy (non-hydrogen) atoms. The van der Waals surface area contributed by atoms with Crippen LogP contribution in [0.3, 0.4) is 0 Å². The lowest BCUT2D eigenvalue weighted by molar-refractivity contribution is 0.0940. The zero-order chi connectivity index (χ0) is 24.2. The second kappa shape index (κ2) is 10.4. The molecule has 4 rings (SSSR count). The van der Waals surface area contributed by atoms with Crippen LogP contribution in [0.2, 0.25) is 5.02 Å². The summed E-state index contributed by atoms with van der Waals surface area (Å²) in [4.78, 5) is 17.5. The van der Waals surface area contributed by atoms with Gasteiger partial charge in [-0.2, -0.15) is 4.68 Å². The van der Waals surface area contributed by atoms with Crippen molar-refractivity contribution in [2.45, 2.75) is 39.7 Å². The van der Waals surface area contributed by atoms with Gasteiger partial charge < -0.3 is 5.32 Å². The van der Waals surface area contributed by atoms with Gasteiger partial charge in [0.1, 0.15) is 5.82 Å². The van der Waals surface area contributed by atoms with E-state index in [9.17, 15) is 9.18 Å². The Kier molecular flexibility index (Phi) is 7.33. The van der Waals surface area contributed by atoms with Gasteiger partial charge in [0.2, 0.25) is 0 Å². The van der Waals surface area contributed by atoms with Crippen LogP contribution < -0.4 is 5.32 Å². The fraction of sp³-hybridized carbons (Fsp3) is 0.292. The third-order valence-electron chi connectivity index (χ3n) is 5.13. The maximum atomic E-state index is 13.7. The monoisotopic (exact) mass is 498 g/mol. The molecule has 0 aliphatic rings. The first-order valence-corrected chi connectivity index (χ1v) is 12.1. The highest BCUT2D eigenvalue weighted by atomic mass is 35.5. The van der Waals surface area contributed by atoms with Gasteiger partial charge in [-0.05, 0) is 65.2 Å². The first kappa shape index (κ1) is 24.0. The number of benzene rings is 2. The van der Waals surface area contributed by atoms with E-state index in [2.05, 4.69) is 39.7 Å². The van der Waals surface area contributed by atoms with Crippen LogP contribution in [0.5, 0.6) is 0 Å². The highest BCUT2D eigenvalue weighted by molar-refractivity contribution is 7.09. The highest BCUT2D eigenvalue weighted by Crippen LogP contribution is 2.31. The van der Waals surface area contributed by atoms with Crippen molar-refractivity contribution in [2.24, 2.45) is 5.92 Å². The smallest absolute Gasteiger partial charge is 0.251 e. The van der Waals surface area contributed by atoms with E-state index in [1.807, 2.05) is 18.4 Å². The Morgan fingerprint density at radius 3 is 2.71 bits per heavy atom. The maximum absolute atomic E-state index is 13.7. The Morgan fingerprint density at radius 1 is 1.18 bits per heavy atom. The number of carbonyl (C=O) groups excluding carboxylic acids is 1. The number of aromatic nitrogens is 5. The summed E-state index contributed by atoms with van der Waals surface area (Å²) in [5.41, 5.74) is 2.31. The van der Waals surface area contributed by atoms with Crippen LogP contribution in [0.1, 0.15) is 42.0 Å². The molecule has 1 N–H and O–H groups in total. The fourth-order valence-electron chi connectivity index (χ4n) is 3.62. The van der Waals surface area contributed by atoms with E-state index >= 15 is 0 Å². The predicted octanol–water partition coefficient (Wildman–Crippen LogP) is 5.14. The molecule has 0 saturated heterocycles. The van der Waals surface area contributed by atoms with Crippen molar-refractivity contribution in [3.8, 4) is 16.8 Å². The predicted molar refractivity (Wildman–Crippen MR) is 131 cm³/mol. The number of halogens is 2. The van der Waals surface area contributed by atoms with Gasteiger partial charge in [-0.15, -0.1) is 16.4 Å². The Bertz CT molecular complexity index is 1290. The quantitative estimate of drug-likeness (QED) is 0.363. The number of hydrogen-bond donors (Lipinski definition) is 1. The van der Waals surface area contributed by atoms with Crippen LogP contribution in [0.25, 0.3) is 16.8 Å². The van der Waals surface area contributed by atoms with Gasteiger partial charge in [-0.1, -0.05) is 25.4 Å². The van der Waals surface area contributed by atoms with E-state index < -0.39 is 5.82 Å². The Balaban J connectivity index is 1.72. The third-order valence-corrected chi connectivity index (χ3v) is 6.25. The van der Waals surface area contributed by atoms with E-state index in [4.69, 9.17) is 11.6 Å². The molecule has 1 amide bonds. The van der Waals surface area contributed by atoms with Crippen molar-refractivity contribution >= 4 is 28.8 Å². The Hall–Kier alpha value is -3.17. The molecule has 10 heteroatoms. The molecule has 0 saturated carbocycles. The summed E-state index contributed by atoms with van der Waals surface area (Å²) in [6, 6.07) is 9.39. The zero-order valence-electron chi connectivity index (χ0n) is 19.0. The molecule has 0 bridgehead atoms. The molecule has 0 radical (unpaired) electrons. The number of tetrazole rings is 1. The lowest BCUT2D eigenvalue weighted by atomic mass is 10.0. The van der Waals surface area contributed by atoms with Crippen LogP contribution >= 0.6 is 22.9 Å². The minimum atomic E-state index is -0.432. The summed E-state index contributed by atoms with van der Waals surface area (Å²) in [7, 11) is 0. The molecule has 2 aromatic carbocycles. The molecule has 176 valence electrons. The molecule has 0 aliphatic heterocycles. The molecule has 2 heterocycles. The largest absolute Gasteiger partial charge is 0.349 e.